The highest BCUT2D eigenvalue weighted by atomic mass is 19.3. The van der Waals surface area contributed by atoms with Crippen LogP contribution in [0.3, 0.4) is 0 Å². The van der Waals surface area contributed by atoms with E-state index in [1.165, 1.54) is 25.3 Å². The van der Waals surface area contributed by atoms with Crippen molar-refractivity contribution in [2.24, 2.45) is 17.8 Å². The highest BCUT2D eigenvalue weighted by Crippen LogP contribution is 2.55. The van der Waals surface area contributed by atoms with Crippen LogP contribution in [0, 0.1) is 24.7 Å². The van der Waals surface area contributed by atoms with Gasteiger partial charge in [-0.2, -0.15) is 13.9 Å². The lowest BCUT2D eigenvalue weighted by Gasteiger charge is -2.56. The van der Waals surface area contributed by atoms with E-state index in [0.717, 1.165) is 37.0 Å². The fourth-order valence-electron chi connectivity index (χ4n) is 5.36. The lowest BCUT2D eigenvalue weighted by molar-refractivity contribution is -0.0168. The van der Waals surface area contributed by atoms with Crippen molar-refractivity contribution in [3.8, 4) is 0 Å². The zero-order valence-electron chi connectivity index (χ0n) is 12.7. The Morgan fingerprint density at radius 2 is 1.82 bits per heavy atom. The normalized spacial score (nSPS) is 36.1. The Bertz CT molecular complexity index is 575. The van der Waals surface area contributed by atoms with Crippen LogP contribution in [0.5, 0.6) is 0 Å². The molecule has 1 aromatic rings. The minimum atomic E-state index is -2.71. The van der Waals surface area contributed by atoms with Crippen molar-refractivity contribution in [3.05, 3.63) is 17.5 Å². The maximum atomic E-state index is 12.8. The van der Waals surface area contributed by atoms with E-state index in [1.807, 2.05) is 0 Å². The number of aryl methyl sites for hydroxylation is 1. The van der Waals surface area contributed by atoms with Gasteiger partial charge in [0.15, 0.2) is 5.69 Å². The summed E-state index contributed by atoms with van der Waals surface area (Å²) in [7, 11) is 0. The first-order valence-corrected chi connectivity index (χ1v) is 8.11. The molecular weight excluding hydrogens is 288 g/mol. The van der Waals surface area contributed by atoms with Crippen LogP contribution >= 0.6 is 0 Å². The molecule has 22 heavy (non-hydrogen) atoms. The maximum Gasteiger partial charge on any atom is 0.333 e. The fourth-order valence-corrected chi connectivity index (χ4v) is 5.36. The molecule has 4 nitrogen and oxygen atoms in total. The largest absolute Gasteiger partial charge is 0.345 e. The van der Waals surface area contributed by atoms with Crippen molar-refractivity contribution in [2.75, 3.05) is 0 Å². The summed E-state index contributed by atoms with van der Waals surface area (Å²) in [6, 6.07) is 1.45. The molecule has 0 aliphatic heterocycles. The van der Waals surface area contributed by atoms with E-state index in [9.17, 15) is 13.6 Å². The van der Waals surface area contributed by atoms with Crippen LogP contribution in [0.1, 0.15) is 61.3 Å². The molecule has 1 heterocycles. The van der Waals surface area contributed by atoms with Crippen molar-refractivity contribution < 1.29 is 13.6 Å². The van der Waals surface area contributed by atoms with E-state index in [1.54, 1.807) is 6.92 Å². The number of rotatable bonds is 3. The van der Waals surface area contributed by atoms with Crippen molar-refractivity contribution in [1.82, 2.24) is 15.1 Å². The number of nitrogens with one attached hydrogen (secondary N) is 1. The lowest BCUT2D eigenvalue weighted by Crippen LogP contribution is -2.59. The summed E-state index contributed by atoms with van der Waals surface area (Å²) in [5, 5.41) is 6.92. The Labute approximate surface area is 128 Å². The molecule has 6 heteroatoms. The second kappa shape index (κ2) is 4.77. The predicted octanol–water partition coefficient (Wildman–Crippen LogP) is 3.29. The number of aromatic nitrogens is 2. The zero-order chi connectivity index (χ0) is 15.5. The number of alkyl halides is 2. The van der Waals surface area contributed by atoms with Gasteiger partial charge in [0, 0.05) is 11.2 Å². The zero-order valence-corrected chi connectivity index (χ0v) is 12.7. The lowest BCUT2D eigenvalue weighted by atomic mass is 9.53. The van der Waals surface area contributed by atoms with Gasteiger partial charge in [-0.05, 0) is 69.3 Å². The fraction of sp³-hybridized carbons (Fsp3) is 0.750. The maximum absolute atomic E-state index is 12.8. The van der Waals surface area contributed by atoms with Crippen LogP contribution in [0.2, 0.25) is 0 Å². The number of carbonyl (C=O) groups excluding carboxylic acids is 1. The molecule has 5 rings (SSSR count). The van der Waals surface area contributed by atoms with E-state index >= 15 is 0 Å². The van der Waals surface area contributed by atoms with Crippen LogP contribution in [-0.2, 0) is 0 Å². The molecule has 4 fully saturated rings. The van der Waals surface area contributed by atoms with Gasteiger partial charge in [-0.25, -0.2) is 4.68 Å². The van der Waals surface area contributed by atoms with Crippen LogP contribution in [0.4, 0.5) is 8.78 Å². The smallest absolute Gasteiger partial charge is 0.333 e. The number of hydrogen-bond acceptors (Lipinski definition) is 2. The number of carbonyl (C=O) groups is 1. The molecule has 1 amide bonds. The summed E-state index contributed by atoms with van der Waals surface area (Å²) < 4.78 is 26.2. The minimum absolute atomic E-state index is 0.105. The average molecular weight is 309 g/mol. The van der Waals surface area contributed by atoms with E-state index in [-0.39, 0.29) is 17.1 Å². The van der Waals surface area contributed by atoms with Gasteiger partial charge in [0.05, 0.1) is 0 Å². The minimum Gasteiger partial charge on any atom is -0.345 e. The van der Waals surface area contributed by atoms with Crippen molar-refractivity contribution in [1.29, 1.82) is 0 Å². The Morgan fingerprint density at radius 3 is 2.27 bits per heavy atom. The van der Waals surface area contributed by atoms with Gasteiger partial charge in [0.1, 0.15) is 0 Å². The van der Waals surface area contributed by atoms with Crippen LogP contribution in [-0.4, -0.2) is 21.2 Å². The summed E-state index contributed by atoms with van der Waals surface area (Å²) in [5.74, 6) is 1.88. The first-order chi connectivity index (χ1) is 10.4. The highest BCUT2D eigenvalue weighted by Gasteiger charge is 2.51. The quantitative estimate of drug-likeness (QED) is 0.931. The molecule has 0 atom stereocenters. The van der Waals surface area contributed by atoms with Crippen molar-refractivity contribution in [3.63, 3.8) is 0 Å². The van der Waals surface area contributed by atoms with Crippen LogP contribution < -0.4 is 5.32 Å². The molecule has 1 N–H and O–H groups in total. The van der Waals surface area contributed by atoms with Gasteiger partial charge in [0.25, 0.3) is 5.91 Å². The first-order valence-electron chi connectivity index (χ1n) is 8.11. The number of amides is 1. The first kappa shape index (κ1) is 14.2. The molecule has 0 radical (unpaired) electrons. The number of hydrogen-bond donors (Lipinski definition) is 1. The number of halogens is 2. The Kier molecular flexibility index (Phi) is 3.07. The summed E-state index contributed by atoms with van der Waals surface area (Å²) in [6.45, 7) is -1.16. The van der Waals surface area contributed by atoms with Gasteiger partial charge in [0.2, 0.25) is 0 Å². The van der Waals surface area contributed by atoms with Crippen molar-refractivity contribution >= 4 is 5.91 Å². The summed E-state index contributed by atoms with van der Waals surface area (Å²) in [5.41, 5.74) is 0.299. The molecule has 4 saturated carbocycles. The molecule has 0 unspecified atom stereocenters. The van der Waals surface area contributed by atoms with Gasteiger partial charge in [-0.3, -0.25) is 4.79 Å². The highest BCUT2D eigenvalue weighted by molar-refractivity contribution is 5.93. The van der Waals surface area contributed by atoms with E-state index in [4.69, 9.17) is 0 Å². The molecule has 120 valence electrons. The summed E-state index contributed by atoms with van der Waals surface area (Å²) in [4.78, 5) is 12.5. The third-order valence-electron chi connectivity index (χ3n) is 5.76. The molecule has 4 bridgehead atoms. The summed E-state index contributed by atoms with van der Waals surface area (Å²) >= 11 is 0. The molecule has 0 aromatic carbocycles. The molecule has 1 aromatic heterocycles. The number of nitrogens with zero attached hydrogens (tertiary/aromatic N) is 2. The van der Waals surface area contributed by atoms with E-state index in [2.05, 4.69) is 10.4 Å². The standard InChI is InChI=1S/C16H21F2N3O/c1-9-2-13(20-21(9)15(17)18)14(22)19-16-6-10-3-11(7-16)5-12(4-10)8-16/h2,10-12,15H,3-8H2,1H3,(H,19,22). The molecule has 4 aliphatic carbocycles. The molecular formula is C16H21F2N3O. The van der Waals surface area contributed by atoms with E-state index < -0.39 is 6.55 Å². The van der Waals surface area contributed by atoms with Crippen molar-refractivity contribution in [2.45, 2.75) is 57.5 Å². The third kappa shape index (κ3) is 2.23. The second-order valence-electron chi connectivity index (χ2n) is 7.55. The molecule has 0 saturated heterocycles. The van der Waals surface area contributed by atoms with Crippen LogP contribution in [0.15, 0.2) is 6.07 Å². The predicted molar refractivity (Wildman–Crippen MR) is 76.6 cm³/mol. The molecule has 4 aliphatic rings. The Morgan fingerprint density at radius 1 is 1.27 bits per heavy atom. The Hall–Kier alpha value is -1.46. The topological polar surface area (TPSA) is 46.9 Å². The van der Waals surface area contributed by atoms with Gasteiger partial charge < -0.3 is 5.32 Å². The monoisotopic (exact) mass is 309 g/mol. The van der Waals surface area contributed by atoms with Gasteiger partial charge in [-0.1, -0.05) is 0 Å². The Balaban J connectivity index is 1.53. The average Bonchev–Trinajstić information content (AvgIpc) is 2.79. The third-order valence-corrected chi connectivity index (χ3v) is 5.76. The second-order valence-corrected chi connectivity index (χ2v) is 7.55. The SMILES string of the molecule is Cc1cc(C(=O)NC23CC4CC(CC(C4)C2)C3)nn1C(F)F. The van der Waals surface area contributed by atoms with Crippen LogP contribution in [0.25, 0.3) is 0 Å². The molecule has 0 spiro atoms. The van der Waals surface area contributed by atoms with E-state index in [0.29, 0.717) is 10.4 Å². The van der Waals surface area contributed by atoms with Gasteiger partial charge in [-0.15, -0.1) is 0 Å². The summed E-state index contributed by atoms with van der Waals surface area (Å²) in [6.07, 6.45) is 7.02. The van der Waals surface area contributed by atoms with Gasteiger partial charge >= 0.3 is 6.55 Å².